The third kappa shape index (κ3) is 3.69. The van der Waals surface area contributed by atoms with Gasteiger partial charge in [-0.25, -0.2) is 0 Å². The number of rotatable bonds is 7. The Morgan fingerprint density at radius 1 is 1.06 bits per heavy atom. The molecule has 0 radical (unpaired) electrons. The lowest BCUT2D eigenvalue weighted by molar-refractivity contribution is 0.0396. The molecule has 0 amide bonds. The molecule has 0 atom stereocenters. The van der Waals surface area contributed by atoms with Gasteiger partial charge in [-0.2, -0.15) is 0 Å². The van der Waals surface area contributed by atoms with Crippen LogP contribution in [0.3, 0.4) is 0 Å². The summed E-state index contributed by atoms with van der Waals surface area (Å²) in [6.07, 6.45) is 10.6. The molecule has 2 fully saturated rings. The van der Waals surface area contributed by atoms with Crippen LogP contribution in [0.2, 0.25) is 0 Å². The van der Waals surface area contributed by atoms with E-state index in [9.17, 15) is 5.11 Å². The Hall–Kier alpha value is -0.120. The Bertz CT molecular complexity index is 223. The number of nitrogens with one attached hydrogen (secondary N) is 1. The van der Waals surface area contributed by atoms with Crippen LogP contribution >= 0.6 is 0 Å². The smallest absolute Gasteiger partial charge is 0.0558 e. The van der Waals surface area contributed by atoms with Crippen molar-refractivity contribution in [2.75, 3.05) is 19.7 Å². The van der Waals surface area contributed by atoms with Crippen LogP contribution in [0.1, 0.15) is 58.3 Å². The van der Waals surface area contributed by atoms with Gasteiger partial charge in [0, 0.05) is 24.7 Å². The highest BCUT2D eigenvalue weighted by Crippen LogP contribution is 2.31. The number of aliphatic hydroxyl groups is 1. The summed E-state index contributed by atoms with van der Waals surface area (Å²) in [4.78, 5) is 2.61. The first-order valence-electron chi connectivity index (χ1n) is 7.95. The molecule has 106 valence electrons. The van der Waals surface area contributed by atoms with Crippen LogP contribution in [-0.4, -0.2) is 47.8 Å². The van der Waals surface area contributed by atoms with Gasteiger partial charge >= 0.3 is 0 Å². The topological polar surface area (TPSA) is 35.5 Å². The summed E-state index contributed by atoms with van der Waals surface area (Å²) in [7, 11) is 0. The number of hydrogen-bond acceptors (Lipinski definition) is 3. The van der Waals surface area contributed by atoms with E-state index < -0.39 is 0 Å². The molecular weight excluding hydrogens is 224 g/mol. The Balaban J connectivity index is 1.75. The fourth-order valence-corrected chi connectivity index (χ4v) is 3.46. The zero-order valence-electron chi connectivity index (χ0n) is 11.9. The predicted octanol–water partition coefficient (Wildman–Crippen LogP) is 2.14. The second-order valence-electron chi connectivity index (χ2n) is 6.01. The van der Waals surface area contributed by atoms with Crippen molar-refractivity contribution in [3.05, 3.63) is 0 Å². The summed E-state index contributed by atoms with van der Waals surface area (Å²) in [5.41, 5.74) is 0. The number of hydrogen-bond donors (Lipinski definition) is 2. The van der Waals surface area contributed by atoms with Gasteiger partial charge in [-0.15, -0.1) is 0 Å². The van der Waals surface area contributed by atoms with Gasteiger partial charge in [0.05, 0.1) is 6.61 Å². The van der Waals surface area contributed by atoms with Crippen molar-refractivity contribution in [3.63, 3.8) is 0 Å². The molecule has 0 spiro atoms. The highest BCUT2D eigenvalue weighted by molar-refractivity contribution is 4.89. The molecule has 0 heterocycles. The van der Waals surface area contributed by atoms with E-state index in [1.54, 1.807) is 0 Å². The molecule has 18 heavy (non-hydrogen) atoms. The maximum Gasteiger partial charge on any atom is 0.0558 e. The summed E-state index contributed by atoms with van der Waals surface area (Å²) in [6, 6.07) is 2.27. The SMILES string of the molecule is CCCNC1CCC(N(CCO)C2CCC2)CC1. The Labute approximate surface area is 112 Å². The van der Waals surface area contributed by atoms with Gasteiger partial charge < -0.3 is 10.4 Å². The standard InChI is InChI=1S/C15H30N2O/c1-2-10-16-13-6-8-15(9-7-13)17(11-12-18)14-4-3-5-14/h13-16,18H,2-12H2,1H3. The molecule has 3 heteroatoms. The average Bonchev–Trinajstić information content (AvgIpc) is 2.34. The van der Waals surface area contributed by atoms with Crippen LogP contribution in [0.5, 0.6) is 0 Å². The largest absolute Gasteiger partial charge is 0.395 e. The van der Waals surface area contributed by atoms with E-state index in [-0.39, 0.29) is 0 Å². The van der Waals surface area contributed by atoms with Crippen molar-refractivity contribution >= 4 is 0 Å². The molecule has 3 nitrogen and oxygen atoms in total. The lowest BCUT2D eigenvalue weighted by Gasteiger charge is -2.45. The van der Waals surface area contributed by atoms with E-state index in [4.69, 9.17) is 0 Å². The zero-order valence-corrected chi connectivity index (χ0v) is 11.9. The van der Waals surface area contributed by atoms with E-state index in [0.717, 1.165) is 31.2 Å². The summed E-state index contributed by atoms with van der Waals surface area (Å²) in [6.45, 7) is 4.61. The van der Waals surface area contributed by atoms with Crippen LogP contribution in [0.4, 0.5) is 0 Å². The maximum absolute atomic E-state index is 9.25. The maximum atomic E-state index is 9.25. The third-order valence-electron chi connectivity index (χ3n) is 4.75. The molecule has 0 aromatic rings. The van der Waals surface area contributed by atoms with Gasteiger partial charge in [0.1, 0.15) is 0 Å². The van der Waals surface area contributed by atoms with E-state index in [1.165, 1.54) is 51.4 Å². The molecule has 2 aliphatic rings. The van der Waals surface area contributed by atoms with Crippen molar-refractivity contribution < 1.29 is 5.11 Å². The first kappa shape index (κ1) is 14.3. The van der Waals surface area contributed by atoms with Crippen LogP contribution in [0, 0.1) is 0 Å². The van der Waals surface area contributed by atoms with Crippen LogP contribution in [-0.2, 0) is 0 Å². The van der Waals surface area contributed by atoms with Crippen molar-refractivity contribution in [1.82, 2.24) is 10.2 Å². The van der Waals surface area contributed by atoms with Crippen LogP contribution in [0.15, 0.2) is 0 Å². The molecule has 0 aromatic carbocycles. The van der Waals surface area contributed by atoms with Gasteiger partial charge in [0.15, 0.2) is 0 Å². The quantitative estimate of drug-likeness (QED) is 0.731. The fraction of sp³-hybridized carbons (Fsp3) is 1.00. The summed E-state index contributed by atoms with van der Waals surface area (Å²) in [5, 5.41) is 12.9. The zero-order chi connectivity index (χ0) is 12.8. The van der Waals surface area contributed by atoms with Crippen molar-refractivity contribution in [1.29, 1.82) is 0 Å². The van der Waals surface area contributed by atoms with Crippen molar-refractivity contribution in [3.8, 4) is 0 Å². The lowest BCUT2D eigenvalue weighted by atomic mass is 9.85. The monoisotopic (exact) mass is 254 g/mol. The number of nitrogens with zero attached hydrogens (tertiary/aromatic N) is 1. The van der Waals surface area contributed by atoms with Crippen molar-refractivity contribution in [2.24, 2.45) is 0 Å². The predicted molar refractivity (Wildman–Crippen MR) is 75.8 cm³/mol. The Kier molecular flexibility index (Phi) is 5.93. The Morgan fingerprint density at radius 3 is 2.22 bits per heavy atom. The molecule has 0 saturated heterocycles. The van der Waals surface area contributed by atoms with Gasteiger partial charge in [-0.05, 0) is 51.5 Å². The molecule has 2 saturated carbocycles. The highest BCUT2D eigenvalue weighted by Gasteiger charge is 2.32. The van der Waals surface area contributed by atoms with Crippen LogP contribution < -0.4 is 5.32 Å². The molecule has 2 aliphatic carbocycles. The highest BCUT2D eigenvalue weighted by atomic mass is 16.3. The Morgan fingerprint density at radius 2 is 1.72 bits per heavy atom. The van der Waals surface area contributed by atoms with E-state index in [0.29, 0.717) is 6.61 Å². The van der Waals surface area contributed by atoms with Crippen LogP contribution in [0.25, 0.3) is 0 Å². The average molecular weight is 254 g/mol. The summed E-state index contributed by atoms with van der Waals surface area (Å²) in [5.74, 6) is 0. The molecule has 2 rings (SSSR count). The van der Waals surface area contributed by atoms with Crippen molar-refractivity contribution in [2.45, 2.75) is 76.4 Å². The third-order valence-corrected chi connectivity index (χ3v) is 4.75. The van der Waals surface area contributed by atoms with E-state index >= 15 is 0 Å². The first-order valence-corrected chi connectivity index (χ1v) is 7.95. The normalized spacial score (nSPS) is 29.5. The fourth-order valence-electron chi connectivity index (χ4n) is 3.46. The summed E-state index contributed by atoms with van der Waals surface area (Å²) < 4.78 is 0. The number of aliphatic hydroxyl groups excluding tert-OH is 1. The molecular formula is C15H30N2O. The molecule has 0 aliphatic heterocycles. The second-order valence-corrected chi connectivity index (χ2v) is 6.01. The molecule has 0 bridgehead atoms. The summed E-state index contributed by atoms with van der Waals surface area (Å²) >= 11 is 0. The minimum atomic E-state index is 0.324. The molecule has 0 unspecified atom stereocenters. The molecule has 0 aromatic heterocycles. The minimum absolute atomic E-state index is 0.324. The first-order chi connectivity index (χ1) is 8.85. The lowest BCUT2D eigenvalue weighted by Crippen LogP contribution is -2.50. The van der Waals surface area contributed by atoms with Gasteiger partial charge in [0.2, 0.25) is 0 Å². The second kappa shape index (κ2) is 7.46. The van der Waals surface area contributed by atoms with Gasteiger partial charge in [0.25, 0.3) is 0 Å². The van der Waals surface area contributed by atoms with Gasteiger partial charge in [-0.3, -0.25) is 4.90 Å². The molecule has 2 N–H and O–H groups in total. The van der Waals surface area contributed by atoms with Gasteiger partial charge in [-0.1, -0.05) is 13.3 Å². The van der Waals surface area contributed by atoms with E-state index in [1.807, 2.05) is 0 Å². The van der Waals surface area contributed by atoms with E-state index in [2.05, 4.69) is 17.1 Å². The minimum Gasteiger partial charge on any atom is -0.395 e.